The Balaban J connectivity index is 1.44. The van der Waals surface area contributed by atoms with Gasteiger partial charge in [0, 0.05) is 70.0 Å². The van der Waals surface area contributed by atoms with Crippen LogP contribution in [0, 0.1) is 0 Å². The number of unbranched alkanes of at least 4 members (excludes halogenated alkanes) is 4. The molecule has 0 N–H and O–H groups in total. The third-order valence-electron chi connectivity index (χ3n) is 12.2. The number of allylic oxidation sites excluding steroid dienone is 8. The van der Waals surface area contributed by atoms with Crippen LogP contribution in [0.4, 0.5) is 17.1 Å². The number of benzene rings is 4. The topological polar surface area (TPSA) is 43.6 Å². The molecular weight excluding hydrogens is 719 g/mol. The van der Waals surface area contributed by atoms with Crippen molar-refractivity contribution in [2.75, 3.05) is 22.9 Å². The summed E-state index contributed by atoms with van der Waals surface area (Å²) in [4.78, 5) is 5.27. The number of hydrogen-bond donors (Lipinski definition) is 0. The monoisotopic (exact) mass is 778 g/mol. The second-order valence-electron chi connectivity index (χ2n) is 16.8. The molecule has 2 heterocycles. The SMILES string of the molecule is CCCCCN1C(=CC=C2CC/C(=C\C=C3\N(CCCCC)c4ccccc4C3(C)C)C2=[N+](c2ccccc2)S(=O)(=O)c2ccccc2)C(C)(C)c2ccccc21. The van der Waals surface area contributed by atoms with Crippen LogP contribution < -0.4 is 9.80 Å². The molecule has 0 radical (unpaired) electrons. The molecule has 4 aromatic rings. The molecule has 1 saturated carbocycles. The average molecular weight is 779 g/mol. The highest BCUT2D eigenvalue weighted by atomic mass is 32.2. The van der Waals surface area contributed by atoms with Crippen molar-refractivity contribution in [2.45, 2.75) is 109 Å². The first-order valence-corrected chi connectivity index (χ1v) is 22.6. The van der Waals surface area contributed by atoms with Gasteiger partial charge < -0.3 is 9.80 Å². The highest BCUT2D eigenvalue weighted by molar-refractivity contribution is 7.85. The Bertz CT molecular complexity index is 2240. The lowest BCUT2D eigenvalue weighted by Gasteiger charge is -2.27. The standard InChI is InChI=1S/C51H60N3O2S/c1-7-9-21-37-52-45-29-19-17-27-43(45)50(3,4)47(52)35-33-39-31-32-40(34-36-48-51(5,6)44-28-18-20-30-46(44)53(48)38-22-10-8-2)49(39)54(41-23-13-11-14-24-41)57(55,56)42-25-15-12-16-26-42/h11-20,23-30,33-36H,7-10,21-22,31-32,37-38H2,1-6H3/q+1. The van der Waals surface area contributed by atoms with Gasteiger partial charge in [0.25, 0.3) is 0 Å². The molecule has 7 rings (SSSR count). The van der Waals surface area contributed by atoms with Gasteiger partial charge >= 0.3 is 10.0 Å². The largest absolute Gasteiger partial charge is 0.400 e. The Morgan fingerprint density at radius 1 is 0.561 bits per heavy atom. The fourth-order valence-corrected chi connectivity index (χ4v) is 10.7. The van der Waals surface area contributed by atoms with Crippen molar-refractivity contribution in [3.63, 3.8) is 0 Å². The summed E-state index contributed by atoms with van der Waals surface area (Å²) >= 11 is 0. The lowest BCUT2D eigenvalue weighted by atomic mass is 9.83. The number of anilines is 2. The van der Waals surface area contributed by atoms with Crippen LogP contribution in [-0.2, 0) is 20.9 Å². The van der Waals surface area contributed by atoms with E-state index in [1.165, 1.54) is 46.7 Å². The summed E-state index contributed by atoms with van der Waals surface area (Å²) in [5, 5.41) is 0. The van der Waals surface area contributed by atoms with Crippen LogP contribution in [-0.4, -0.2) is 31.2 Å². The summed E-state index contributed by atoms with van der Waals surface area (Å²) in [5.74, 6) is 0. The normalized spacial score (nSPS) is 20.9. The zero-order valence-electron chi connectivity index (χ0n) is 34.8. The van der Waals surface area contributed by atoms with Crippen molar-refractivity contribution in [1.29, 1.82) is 0 Å². The maximum absolute atomic E-state index is 15.0. The molecule has 5 nitrogen and oxygen atoms in total. The van der Waals surface area contributed by atoms with E-state index in [0.717, 1.165) is 68.5 Å². The summed E-state index contributed by atoms with van der Waals surface area (Å²) in [7, 11) is -4.01. The van der Waals surface area contributed by atoms with Crippen molar-refractivity contribution < 1.29 is 12.4 Å². The maximum Gasteiger partial charge on any atom is 0.400 e. The number of nitrogens with zero attached hydrogens (tertiary/aromatic N) is 3. The van der Waals surface area contributed by atoms with E-state index >= 15 is 8.42 Å². The third kappa shape index (κ3) is 7.73. The summed E-state index contributed by atoms with van der Waals surface area (Å²) in [6, 6.07) is 36.1. The zero-order chi connectivity index (χ0) is 40.2. The molecule has 0 saturated heterocycles. The minimum atomic E-state index is -4.01. The number of fused-ring (bicyclic) bond motifs is 2. The van der Waals surface area contributed by atoms with Crippen LogP contribution in [0.25, 0.3) is 0 Å². The predicted octanol–water partition coefficient (Wildman–Crippen LogP) is 12.6. The third-order valence-corrected chi connectivity index (χ3v) is 13.9. The van der Waals surface area contributed by atoms with E-state index in [2.05, 4.69) is 124 Å². The van der Waals surface area contributed by atoms with Gasteiger partial charge in [0.2, 0.25) is 11.4 Å². The average Bonchev–Trinajstić information content (AvgIpc) is 3.78. The zero-order valence-corrected chi connectivity index (χ0v) is 35.7. The van der Waals surface area contributed by atoms with Crippen LogP contribution in [0.3, 0.4) is 0 Å². The van der Waals surface area contributed by atoms with Gasteiger partial charge in [-0.05, 0) is 73.2 Å². The summed E-state index contributed by atoms with van der Waals surface area (Å²) in [5.41, 5.74) is 10.7. The van der Waals surface area contributed by atoms with Crippen molar-refractivity contribution in [3.8, 4) is 0 Å². The Hall–Kier alpha value is -4.94. The molecule has 0 spiro atoms. The Labute approximate surface area is 342 Å². The molecule has 0 bridgehead atoms. The van der Waals surface area contributed by atoms with Crippen LogP contribution >= 0.6 is 0 Å². The molecule has 0 amide bonds. The van der Waals surface area contributed by atoms with Crippen LogP contribution in [0.1, 0.15) is 104 Å². The van der Waals surface area contributed by atoms with Gasteiger partial charge in [-0.1, -0.05) is 156 Å². The lowest BCUT2D eigenvalue weighted by molar-refractivity contribution is -0.259. The predicted molar refractivity (Wildman–Crippen MR) is 239 cm³/mol. The summed E-state index contributed by atoms with van der Waals surface area (Å²) < 4.78 is 31.7. The highest BCUT2D eigenvalue weighted by Crippen LogP contribution is 2.49. The molecule has 0 aromatic heterocycles. The highest BCUT2D eigenvalue weighted by Gasteiger charge is 2.43. The molecule has 2 aliphatic heterocycles. The number of sulfonamides is 1. The Morgan fingerprint density at radius 3 is 1.44 bits per heavy atom. The first kappa shape index (κ1) is 40.3. The van der Waals surface area contributed by atoms with E-state index in [9.17, 15) is 0 Å². The van der Waals surface area contributed by atoms with E-state index in [1.54, 1.807) is 28.2 Å². The smallest absolute Gasteiger partial charge is 0.344 e. The fraction of sp³-hybridized carbons (Fsp3) is 0.353. The molecule has 1 aliphatic carbocycles. The second kappa shape index (κ2) is 16.9. The summed E-state index contributed by atoms with van der Waals surface area (Å²) in [6.45, 7) is 15.7. The molecule has 6 heteroatoms. The van der Waals surface area contributed by atoms with Crippen molar-refractivity contribution >= 4 is 32.8 Å². The number of rotatable bonds is 13. The van der Waals surface area contributed by atoms with Gasteiger partial charge in [-0.3, -0.25) is 0 Å². The molecule has 57 heavy (non-hydrogen) atoms. The van der Waals surface area contributed by atoms with Gasteiger partial charge in [0.05, 0.1) is 0 Å². The number of hydrogen-bond acceptors (Lipinski definition) is 4. The van der Waals surface area contributed by atoms with E-state index in [4.69, 9.17) is 0 Å². The second-order valence-corrected chi connectivity index (χ2v) is 18.5. The van der Waals surface area contributed by atoms with Crippen molar-refractivity contribution in [3.05, 3.63) is 167 Å². The first-order chi connectivity index (χ1) is 27.5. The fourth-order valence-electron chi connectivity index (χ4n) is 9.11. The van der Waals surface area contributed by atoms with Gasteiger partial charge in [0.15, 0.2) is 0 Å². The molecule has 3 aliphatic rings. The Morgan fingerprint density at radius 2 is 0.982 bits per heavy atom. The van der Waals surface area contributed by atoms with Crippen LogP contribution in [0.5, 0.6) is 0 Å². The minimum absolute atomic E-state index is 0.207. The first-order valence-electron chi connectivity index (χ1n) is 21.1. The molecule has 0 atom stereocenters. The minimum Gasteiger partial charge on any atom is -0.344 e. The summed E-state index contributed by atoms with van der Waals surface area (Å²) in [6.07, 6.45) is 17.4. The molecule has 1 fully saturated rings. The van der Waals surface area contributed by atoms with E-state index < -0.39 is 10.0 Å². The van der Waals surface area contributed by atoms with E-state index in [1.807, 2.05) is 36.4 Å². The quantitative estimate of drug-likeness (QED) is 0.100. The van der Waals surface area contributed by atoms with Crippen molar-refractivity contribution in [2.24, 2.45) is 0 Å². The van der Waals surface area contributed by atoms with Gasteiger partial charge in [-0.15, -0.1) is 0 Å². The molecule has 0 unspecified atom stereocenters. The molecule has 4 aromatic carbocycles. The number of para-hydroxylation sites is 3. The van der Waals surface area contributed by atoms with E-state index in [0.29, 0.717) is 5.69 Å². The van der Waals surface area contributed by atoms with E-state index in [-0.39, 0.29) is 15.7 Å². The molecular formula is C51H60N3O2S+. The van der Waals surface area contributed by atoms with Gasteiger partial charge in [0.1, 0.15) is 4.90 Å². The molecule has 296 valence electrons. The van der Waals surface area contributed by atoms with Crippen LogP contribution in [0.2, 0.25) is 0 Å². The van der Waals surface area contributed by atoms with Crippen LogP contribution in [0.15, 0.2) is 161 Å². The van der Waals surface area contributed by atoms with Crippen molar-refractivity contribution in [1.82, 2.24) is 0 Å². The lowest BCUT2D eigenvalue weighted by Crippen LogP contribution is -2.27. The Kier molecular flexibility index (Phi) is 11.9. The van der Waals surface area contributed by atoms with Gasteiger partial charge in [-0.25, -0.2) is 0 Å². The van der Waals surface area contributed by atoms with Gasteiger partial charge in [-0.2, -0.15) is 8.42 Å². The maximum atomic E-state index is 15.0.